The third kappa shape index (κ3) is 5.54. The molecule has 36 heavy (non-hydrogen) atoms. The van der Waals surface area contributed by atoms with Crippen LogP contribution in [0, 0.1) is 17.1 Å². The Labute approximate surface area is 216 Å². The van der Waals surface area contributed by atoms with Gasteiger partial charge in [0.05, 0.1) is 22.1 Å². The fourth-order valence-corrected chi connectivity index (χ4v) is 5.08. The van der Waals surface area contributed by atoms with Gasteiger partial charge in [0.15, 0.2) is 16.7 Å². The summed E-state index contributed by atoms with van der Waals surface area (Å²) >= 11 is 7.78. The van der Waals surface area contributed by atoms with Gasteiger partial charge in [0, 0.05) is 11.8 Å². The number of halogens is 2. The number of nitriles is 1. The minimum absolute atomic E-state index is 0.119. The standard InChI is InChI=1S/C25H23ClFN5O3S/c1-13(33)29-24-31-18-9-10-20(32-23(18)36-24)35-19-11-14(7-8-17(19)27)30-22(34)15-5-4-6-16(21(15)26)25(2,3)12-28/h4-11,13,18,23,33H,1-3H3,(H,29,31)(H,30,34). The number of aliphatic hydroxyl groups is 1. The number of hydrogen-bond acceptors (Lipinski definition) is 8. The first-order valence-electron chi connectivity index (χ1n) is 11.0. The molecule has 0 aliphatic carbocycles. The summed E-state index contributed by atoms with van der Waals surface area (Å²) in [4.78, 5) is 21.8. The van der Waals surface area contributed by atoms with Gasteiger partial charge in [-0.25, -0.2) is 9.38 Å². The normalized spacial score (nSPS) is 19.5. The molecule has 8 nitrogen and oxygen atoms in total. The van der Waals surface area contributed by atoms with Crippen LogP contribution in [0.4, 0.5) is 10.1 Å². The Kier molecular flexibility index (Phi) is 7.36. The molecule has 2 aromatic rings. The summed E-state index contributed by atoms with van der Waals surface area (Å²) in [6, 6.07) is 10.8. The van der Waals surface area contributed by atoms with E-state index in [1.807, 2.05) is 0 Å². The number of nitrogens with zero attached hydrogens (tertiary/aromatic N) is 3. The number of carbonyl (C=O) groups excluding carboxylic acids is 1. The Bertz CT molecular complexity index is 1340. The molecule has 0 saturated heterocycles. The summed E-state index contributed by atoms with van der Waals surface area (Å²) in [5.41, 5.74) is 0.128. The van der Waals surface area contributed by atoms with Crippen LogP contribution < -0.4 is 15.4 Å². The molecular weight excluding hydrogens is 505 g/mol. The van der Waals surface area contributed by atoms with E-state index >= 15 is 0 Å². The van der Waals surface area contributed by atoms with Gasteiger partial charge in [-0.2, -0.15) is 5.26 Å². The second-order valence-corrected chi connectivity index (χ2v) is 10.2. The van der Waals surface area contributed by atoms with Crippen LogP contribution in [0.1, 0.15) is 36.7 Å². The maximum absolute atomic E-state index is 14.5. The molecule has 4 rings (SSSR count). The number of anilines is 1. The predicted molar refractivity (Wildman–Crippen MR) is 139 cm³/mol. The fourth-order valence-electron chi connectivity index (χ4n) is 3.53. The molecule has 2 aromatic carbocycles. The molecule has 0 saturated carbocycles. The Morgan fingerprint density at radius 2 is 2.11 bits per heavy atom. The topological polar surface area (TPSA) is 119 Å². The quantitative estimate of drug-likeness (QED) is 0.489. The smallest absolute Gasteiger partial charge is 0.257 e. The number of nitrogens with one attached hydrogen (secondary N) is 2. The highest BCUT2D eigenvalue weighted by atomic mass is 35.5. The molecule has 2 aliphatic heterocycles. The number of thioether (sulfide) groups is 1. The van der Waals surface area contributed by atoms with Crippen LogP contribution in [0.15, 0.2) is 58.5 Å². The molecule has 11 heteroatoms. The molecule has 0 bridgehead atoms. The van der Waals surface area contributed by atoms with Crippen molar-refractivity contribution in [1.29, 1.82) is 5.26 Å². The molecule has 186 valence electrons. The first-order chi connectivity index (χ1) is 17.1. The maximum atomic E-state index is 14.5. The molecular formula is C25H23ClFN5O3S. The van der Waals surface area contributed by atoms with E-state index in [4.69, 9.17) is 16.3 Å². The van der Waals surface area contributed by atoms with Crippen molar-refractivity contribution >= 4 is 46.0 Å². The zero-order valence-corrected chi connectivity index (χ0v) is 21.2. The first kappa shape index (κ1) is 25.7. The number of amidine groups is 1. The van der Waals surface area contributed by atoms with E-state index in [2.05, 4.69) is 26.7 Å². The number of fused-ring (bicyclic) bond motifs is 1. The summed E-state index contributed by atoms with van der Waals surface area (Å²) in [5, 5.41) is 24.9. The lowest BCUT2D eigenvalue weighted by Crippen LogP contribution is -2.29. The lowest BCUT2D eigenvalue weighted by molar-refractivity contribution is 0.102. The largest absolute Gasteiger partial charge is 0.436 e. The van der Waals surface area contributed by atoms with E-state index < -0.39 is 23.4 Å². The van der Waals surface area contributed by atoms with Crippen LogP contribution in [0.25, 0.3) is 0 Å². The van der Waals surface area contributed by atoms with E-state index in [1.165, 1.54) is 30.0 Å². The summed E-state index contributed by atoms with van der Waals surface area (Å²) in [6.45, 7) is 5.01. The second kappa shape index (κ2) is 10.3. The average Bonchev–Trinajstić information content (AvgIpc) is 3.22. The molecule has 0 aromatic heterocycles. The molecule has 2 heterocycles. The summed E-state index contributed by atoms with van der Waals surface area (Å²) in [7, 11) is 0. The predicted octanol–water partition coefficient (Wildman–Crippen LogP) is 4.61. The molecule has 3 unspecified atom stereocenters. The third-order valence-corrected chi connectivity index (χ3v) is 6.89. The van der Waals surface area contributed by atoms with Crippen molar-refractivity contribution in [2.24, 2.45) is 9.98 Å². The van der Waals surface area contributed by atoms with Crippen LogP contribution in [-0.4, -0.2) is 39.7 Å². The minimum Gasteiger partial charge on any atom is -0.436 e. The van der Waals surface area contributed by atoms with E-state index in [-0.39, 0.29) is 39.3 Å². The van der Waals surface area contributed by atoms with Crippen molar-refractivity contribution in [3.63, 3.8) is 0 Å². The monoisotopic (exact) mass is 527 g/mol. The zero-order chi connectivity index (χ0) is 26.0. The zero-order valence-electron chi connectivity index (χ0n) is 19.6. The summed E-state index contributed by atoms with van der Waals surface area (Å²) < 4.78 is 20.2. The molecule has 3 atom stereocenters. The van der Waals surface area contributed by atoms with Gasteiger partial charge in [-0.05, 0) is 50.6 Å². The number of aliphatic hydroxyl groups excluding tert-OH is 1. The molecule has 0 spiro atoms. The highest BCUT2D eigenvalue weighted by Gasteiger charge is 2.32. The minimum atomic E-state index is -0.882. The number of ether oxygens (including phenoxy) is 1. The average molecular weight is 528 g/mol. The molecule has 0 fully saturated rings. The number of hydrogen-bond donors (Lipinski definition) is 3. The van der Waals surface area contributed by atoms with Gasteiger partial charge >= 0.3 is 0 Å². The number of amides is 1. The van der Waals surface area contributed by atoms with Crippen LogP contribution in [0.3, 0.4) is 0 Å². The fraction of sp³-hybridized carbons (Fsp3) is 0.280. The Morgan fingerprint density at radius 3 is 2.83 bits per heavy atom. The van der Waals surface area contributed by atoms with Crippen molar-refractivity contribution in [3.8, 4) is 11.8 Å². The van der Waals surface area contributed by atoms with Crippen LogP contribution in [0.2, 0.25) is 5.02 Å². The maximum Gasteiger partial charge on any atom is 0.257 e. The van der Waals surface area contributed by atoms with Crippen LogP contribution >= 0.6 is 23.4 Å². The van der Waals surface area contributed by atoms with Gasteiger partial charge in [-0.3, -0.25) is 9.79 Å². The van der Waals surface area contributed by atoms with E-state index in [9.17, 15) is 19.6 Å². The summed E-state index contributed by atoms with van der Waals surface area (Å²) in [5.74, 6) is -1.07. The van der Waals surface area contributed by atoms with Gasteiger partial charge in [0.1, 0.15) is 17.6 Å². The number of dihydropyridines is 1. The van der Waals surface area contributed by atoms with Crippen molar-refractivity contribution in [2.75, 3.05) is 5.32 Å². The Morgan fingerprint density at radius 1 is 1.33 bits per heavy atom. The van der Waals surface area contributed by atoms with Crippen molar-refractivity contribution in [2.45, 2.75) is 43.8 Å². The molecule has 3 N–H and O–H groups in total. The Hall–Kier alpha value is -3.39. The number of carbonyl (C=O) groups is 1. The highest BCUT2D eigenvalue weighted by Crippen LogP contribution is 2.33. The SMILES string of the molecule is CC(O)NC1=NC2C=CC(Oc3cc(NC(=O)c4cccc(C(C)(C)C#N)c4Cl)ccc3F)=NC2S1. The molecule has 2 aliphatic rings. The van der Waals surface area contributed by atoms with E-state index in [1.54, 1.807) is 51.1 Å². The number of benzene rings is 2. The first-order valence-corrected chi connectivity index (χ1v) is 12.3. The molecule has 1 amide bonds. The third-order valence-electron chi connectivity index (χ3n) is 5.41. The number of rotatable bonds is 5. The van der Waals surface area contributed by atoms with Gasteiger partial charge in [0.2, 0.25) is 5.90 Å². The van der Waals surface area contributed by atoms with Crippen molar-refractivity contribution in [1.82, 2.24) is 5.32 Å². The van der Waals surface area contributed by atoms with E-state index in [0.717, 1.165) is 0 Å². The van der Waals surface area contributed by atoms with Gasteiger partial charge < -0.3 is 20.5 Å². The van der Waals surface area contributed by atoms with E-state index in [0.29, 0.717) is 10.7 Å². The van der Waals surface area contributed by atoms with Crippen LogP contribution in [0.5, 0.6) is 5.75 Å². The van der Waals surface area contributed by atoms with Crippen LogP contribution in [-0.2, 0) is 5.41 Å². The van der Waals surface area contributed by atoms with Gasteiger partial charge in [0.25, 0.3) is 5.91 Å². The lowest BCUT2D eigenvalue weighted by atomic mass is 9.85. The Balaban J connectivity index is 1.49. The highest BCUT2D eigenvalue weighted by molar-refractivity contribution is 8.14. The molecule has 0 radical (unpaired) electrons. The van der Waals surface area contributed by atoms with Gasteiger partial charge in [-0.1, -0.05) is 41.6 Å². The number of aliphatic imine (C=N–C) groups is 2. The van der Waals surface area contributed by atoms with Crippen molar-refractivity contribution in [3.05, 3.63) is 70.5 Å². The second-order valence-electron chi connectivity index (χ2n) is 8.69. The van der Waals surface area contributed by atoms with Gasteiger partial charge in [-0.15, -0.1) is 0 Å². The lowest BCUT2D eigenvalue weighted by Gasteiger charge is -2.19. The summed E-state index contributed by atoms with van der Waals surface area (Å²) in [6.07, 6.45) is 2.64. The van der Waals surface area contributed by atoms with Crippen molar-refractivity contribution < 1.29 is 19.0 Å².